The van der Waals surface area contributed by atoms with Crippen molar-refractivity contribution in [2.45, 2.75) is 12.5 Å². The molecule has 1 unspecified atom stereocenters. The Morgan fingerprint density at radius 3 is 2.34 bits per heavy atom. The van der Waals surface area contributed by atoms with Crippen molar-refractivity contribution in [3.8, 4) is 6.07 Å². The lowest BCUT2D eigenvalue weighted by atomic mass is 9.91. The molecule has 3 heterocycles. The minimum Gasteiger partial charge on any atom is -0.338 e. The van der Waals surface area contributed by atoms with Crippen molar-refractivity contribution in [2.24, 2.45) is 0 Å². The maximum absolute atomic E-state index is 13.0. The lowest BCUT2D eigenvalue weighted by molar-refractivity contribution is -0.139. The number of nitriles is 1. The van der Waals surface area contributed by atoms with E-state index >= 15 is 0 Å². The summed E-state index contributed by atoms with van der Waals surface area (Å²) >= 11 is 1.38. The van der Waals surface area contributed by atoms with E-state index in [1.165, 1.54) is 11.3 Å². The van der Waals surface area contributed by atoms with Gasteiger partial charge in [0.15, 0.2) is 0 Å². The molecule has 1 atom stereocenters. The lowest BCUT2D eigenvalue weighted by Gasteiger charge is -2.35. The molecule has 164 valence electrons. The van der Waals surface area contributed by atoms with Gasteiger partial charge in [-0.3, -0.25) is 19.3 Å². The molecule has 4 rings (SSSR count). The number of urea groups is 1. The predicted molar refractivity (Wildman–Crippen MR) is 116 cm³/mol. The zero-order valence-corrected chi connectivity index (χ0v) is 18.2. The second-order valence-electron chi connectivity index (χ2n) is 7.79. The Morgan fingerprint density at radius 1 is 1.09 bits per heavy atom. The fourth-order valence-electron chi connectivity index (χ4n) is 3.86. The second kappa shape index (κ2) is 8.43. The Labute approximate surface area is 188 Å². The largest absolute Gasteiger partial charge is 0.338 e. The highest BCUT2D eigenvalue weighted by Crippen LogP contribution is 2.29. The second-order valence-corrected chi connectivity index (χ2v) is 8.73. The smallest absolute Gasteiger partial charge is 0.325 e. The molecule has 2 saturated heterocycles. The number of carbonyl (C=O) groups is 4. The number of benzene rings is 1. The van der Waals surface area contributed by atoms with Gasteiger partial charge in [-0.05, 0) is 36.1 Å². The summed E-state index contributed by atoms with van der Waals surface area (Å²) in [6.07, 6.45) is 0. The van der Waals surface area contributed by atoms with Crippen LogP contribution >= 0.6 is 11.3 Å². The summed E-state index contributed by atoms with van der Waals surface area (Å²) in [5.74, 6) is -0.924. The standard InChI is InChI=1S/C22H21N5O4S/c1-22(16-6-4-15(13-23)5-7-16)20(30)27(21(31)24-22)14-18(28)25-8-10-26(11-9-25)19(29)17-3-2-12-32-17/h2-7,12H,8-11,14H2,1H3,(H,24,31). The van der Waals surface area contributed by atoms with Crippen LogP contribution in [0, 0.1) is 11.3 Å². The van der Waals surface area contributed by atoms with Crippen molar-refractivity contribution in [3.05, 3.63) is 57.8 Å². The first kappa shape index (κ1) is 21.5. The van der Waals surface area contributed by atoms with Crippen LogP contribution in [0.15, 0.2) is 41.8 Å². The van der Waals surface area contributed by atoms with E-state index in [0.29, 0.717) is 42.2 Å². The third-order valence-electron chi connectivity index (χ3n) is 5.81. The highest BCUT2D eigenvalue weighted by atomic mass is 32.1. The Bertz CT molecular complexity index is 1100. The van der Waals surface area contributed by atoms with Gasteiger partial charge in [-0.25, -0.2) is 4.79 Å². The Hall–Kier alpha value is -3.71. The van der Waals surface area contributed by atoms with Crippen LogP contribution in [0.25, 0.3) is 0 Å². The van der Waals surface area contributed by atoms with Crippen LogP contribution in [0.2, 0.25) is 0 Å². The van der Waals surface area contributed by atoms with Crippen molar-refractivity contribution in [3.63, 3.8) is 0 Å². The van der Waals surface area contributed by atoms with E-state index in [1.807, 2.05) is 17.5 Å². The molecule has 0 saturated carbocycles. The van der Waals surface area contributed by atoms with Crippen LogP contribution < -0.4 is 5.32 Å². The number of piperazine rings is 1. The number of amides is 5. The molecular formula is C22H21N5O4S. The minimum atomic E-state index is -1.31. The third-order valence-corrected chi connectivity index (χ3v) is 6.67. The van der Waals surface area contributed by atoms with Gasteiger partial charge in [0, 0.05) is 26.2 Å². The molecule has 2 aliphatic rings. The first-order valence-electron chi connectivity index (χ1n) is 10.1. The number of nitrogens with one attached hydrogen (secondary N) is 1. The fourth-order valence-corrected chi connectivity index (χ4v) is 4.56. The summed E-state index contributed by atoms with van der Waals surface area (Å²) in [4.78, 5) is 55.6. The Morgan fingerprint density at radius 2 is 1.75 bits per heavy atom. The summed E-state index contributed by atoms with van der Waals surface area (Å²) in [6.45, 7) is 2.68. The molecule has 2 aromatic rings. The summed E-state index contributed by atoms with van der Waals surface area (Å²) in [5, 5.41) is 13.5. The van der Waals surface area contributed by atoms with Crippen LogP contribution in [0.1, 0.15) is 27.7 Å². The van der Waals surface area contributed by atoms with E-state index in [0.717, 1.165) is 4.90 Å². The van der Waals surface area contributed by atoms with Gasteiger partial charge in [0.25, 0.3) is 11.8 Å². The zero-order chi connectivity index (χ0) is 22.9. The molecule has 2 fully saturated rings. The Kier molecular flexibility index (Phi) is 5.67. The van der Waals surface area contributed by atoms with Crippen molar-refractivity contribution in [1.29, 1.82) is 5.26 Å². The first-order valence-corrected chi connectivity index (χ1v) is 11.0. The van der Waals surface area contributed by atoms with E-state index in [4.69, 9.17) is 5.26 Å². The monoisotopic (exact) mass is 451 g/mol. The van der Waals surface area contributed by atoms with Gasteiger partial charge < -0.3 is 15.1 Å². The number of rotatable bonds is 4. The summed E-state index contributed by atoms with van der Waals surface area (Å²) < 4.78 is 0. The molecule has 0 spiro atoms. The molecule has 1 aromatic carbocycles. The third kappa shape index (κ3) is 3.83. The highest BCUT2D eigenvalue weighted by molar-refractivity contribution is 7.12. The quantitative estimate of drug-likeness (QED) is 0.706. The summed E-state index contributed by atoms with van der Waals surface area (Å²) in [6, 6.07) is 11.3. The number of imide groups is 1. The molecule has 1 N–H and O–H groups in total. The number of carbonyl (C=O) groups excluding carboxylic acids is 4. The number of thiophene rings is 1. The minimum absolute atomic E-state index is 0.0561. The van der Waals surface area contributed by atoms with Gasteiger partial charge in [-0.15, -0.1) is 11.3 Å². The molecular weight excluding hydrogens is 430 g/mol. The predicted octanol–water partition coefficient (Wildman–Crippen LogP) is 1.37. The maximum atomic E-state index is 13.0. The van der Waals surface area contributed by atoms with Crippen LogP contribution in [0.3, 0.4) is 0 Å². The van der Waals surface area contributed by atoms with Crippen LogP contribution in [-0.4, -0.2) is 71.2 Å². The topological polar surface area (TPSA) is 114 Å². The molecule has 10 heteroatoms. The molecule has 2 aliphatic heterocycles. The van der Waals surface area contributed by atoms with Gasteiger partial charge in [0.1, 0.15) is 12.1 Å². The summed E-state index contributed by atoms with van der Waals surface area (Å²) in [7, 11) is 0. The molecule has 0 aliphatic carbocycles. The summed E-state index contributed by atoms with van der Waals surface area (Å²) in [5.41, 5.74) is -0.333. The molecule has 5 amide bonds. The van der Waals surface area contributed by atoms with Gasteiger partial charge >= 0.3 is 6.03 Å². The number of hydrogen-bond acceptors (Lipinski definition) is 6. The average molecular weight is 452 g/mol. The average Bonchev–Trinajstić information content (AvgIpc) is 3.42. The van der Waals surface area contributed by atoms with Crippen molar-refractivity contribution >= 4 is 35.1 Å². The van der Waals surface area contributed by atoms with Gasteiger partial charge in [-0.1, -0.05) is 18.2 Å². The molecule has 9 nitrogen and oxygen atoms in total. The normalized spacial score (nSPS) is 20.8. The van der Waals surface area contributed by atoms with Gasteiger partial charge in [0.2, 0.25) is 5.91 Å². The van der Waals surface area contributed by atoms with Crippen molar-refractivity contribution in [1.82, 2.24) is 20.0 Å². The van der Waals surface area contributed by atoms with Gasteiger partial charge in [-0.2, -0.15) is 5.26 Å². The van der Waals surface area contributed by atoms with E-state index in [-0.39, 0.29) is 18.4 Å². The Balaban J connectivity index is 1.38. The number of nitrogens with zero attached hydrogens (tertiary/aromatic N) is 4. The van der Waals surface area contributed by atoms with Crippen LogP contribution in [0.4, 0.5) is 4.79 Å². The fraction of sp³-hybridized carbons (Fsp3) is 0.318. The lowest BCUT2D eigenvalue weighted by Crippen LogP contribution is -2.53. The van der Waals surface area contributed by atoms with Crippen LogP contribution in [-0.2, 0) is 15.1 Å². The molecule has 32 heavy (non-hydrogen) atoms. The SMILES string of the molecule is CC1(c2ccc(C#N)cc2)NC(=O)N(CC(=O)N2CCN(C(=O)c3cccs3)CC2)C1=O. The zero-order valence-electron chi connectivity index (χ0n) is 17.4. The van der Waals surface area contributed by atoms with Crippen molar-refractivity contribution in [2.75, 3.05) is 32.7 Å². The highest BCUT2D eigenvalue weighted by Gasteiger charge is 2.49. The number of hydrogen-bond donors (Lipinski definition) is 1. The maximum Gasteiger partial charge on any atom is 0.325 e. The van der Waals surface area contributed by atoms with E-state index in [9.17, 15) is 19.2 Å². The molecule has 0 bridgehead atoms. The van der Waals surface area contributed by atoms with E-state index in [1.54, 1.807) is 47.1 Å². The van der Waals surface area contributed by atoms with E-state index in [2.05, 4.69) is 5.32 Å². The molecule has 0 radical (unpaired) electrons. The van der Waals surface area contributed by atoms with Crippen molar-refractivity contribution < 1.29 is 19.2 Å². The van der Waals surface area contributed by atoms with Crippen LogP contribution in [0.5, 0.6) is 0 Å². The van der Waals surface area contributed by atoms with Gasteiger partial charge in [0.05, 0.1) is 16.5 Å². The van der Waals surface area contributed by atoms with E-state index < -0.39 is 17.5 Å². The molecule has 1 aromatic heterocycles. The first-order chi connectivity index (χ1) is 15.3.